The first kappa shape index (κ1) is 9.25. The van der Waals surface area contributed by atoms with E-state index in [9.17, 15) is 9.18 Å². The van der Waals surface area contributed by atoms with Gasteiger partial charge in [0.05, 0.1) is 5.57 Å². The van der Waals surface area contributed by atoms with Gasteiger partial charge in [0.1, 0.15) is 0 Å². The Bertz CT molecular complexity index is 371. The van der Waals surface area contributed by atoms with E-state index in [1.807, 2.05) is 0 Å². The minimum atomic E-state index is -1.29. The first-order valence-electron chi connectivity index (χ1n) is 3.44. The molecule has 0 aromatic heterocycles. The molecular formula is C9H7FO3. The molecule has 0 aliphatic carbocycles. The van der Waals surface area contributed by atoms with Crippen molar-refractivity contribution >= 4 is 11.5 Å². The third-order valence-electron chi connectivity index (χ3n) is 1.57. The monoisotopic (exact) mass is 182 g/mol. The summed E-state index contributed by atoms with van der Waals surface area (Å²) in [5, 5.41) is 17.6. The van der Waals surface area contributed by atoms with Gasteiger partial charge >= 0.3 is 5.97 Å². The van der Waals surface area contributed by atoms with E-state index >= 15 is 0 Å². The zero-order chi connectivity index (χ0) is 10.0. The first-order chi connectivity index (χ1) is 6.04. The molecule has 13 heavy (non-hydrogen) atoms. The van der Waals surface area contributed by atoms with E-state index in [1.54, 1.807) is 0 Å². The van der Waals surface area contributed by atoms with Crippen LogP contribution in [-0.4, -0.2) is 16.2 Å². The largest absolute Gasteiger partial charge is 0.504 e. The Hall–Kier alpha value is -1.84. The lowest BCUT2D eigenvalue weighted by Gasteiger charge is -2.03. The van der Waals surface area contributed by atoms with Crippen molar-refractivity contribution in [3.8, 4) is 5.75 Å². The van der Waals surface area contributed by atoms with Gasteiger partial charge in [0.2, 0.25) is 0 Å². The lowest BCUT2D eigenvalue weighted by Crippen LogP contribution is -1.98. The molecule has 0 unspecified atom stereocenters. The molecule has 0 heterocycles. The van der Waals surface area contributed by atoms with Crippen LogP contribution in [0.25, 0.3) is 5.57 Å². The van der Waals surface area contributed by atoms with Gasteiger partial charge in [-0.25, -0.2) is 9.18 Å². The fraction of sp³-hybridized carbons (Fsp3) is 0. The van der Waals surface area contributed by atoms with Gasteiger partial charge in [-0.05, 0) is 6.07 Å². The normalized spacial score (nSPS) is 9.62. The van der Waals surface area contributed by atoms with Crippen LogP contribution in [-0.2, 0) is 4.79 Å². The predicted molar refractivity (Wildman–Crippen MR) is 44.7 cm³/mol. The second-order valence-electron chi connectivity index (χ2n) is 2.42. The zero-order valence-electron chi connectivity index (χ0n) is 6.62. The van der Waals surface area contributed by atoms with Crippen LogP contribution in [0.3, 0.4) is 0 Å². The molecule has 0 radical (unpaired) electrons. The topological polar surface area (TPSA) is 57.5 Å². The molecule has 0 atom stereocenters. The Morgan fingerprint density at radius 1 is 1.46 bits per heavy atom. The molecule has 1 aromatic rings. The third-order valence-corrected chi connectivity index (χ3v) is 1.57. The molecule has 1 rings (SSSR count). The molecule has 0 aliphatic heterocycles. The molecule has 3 nitrogen and oxygen atoms in total. The molecule has 0 amide bonds. The maximum absolute atomic E-state index is 12.7. The third kappa shape index (κ3) is 1.66. The molecule has 68 valence electrons. The van der Waals surface area contributed by atoms with Crippen molar-refractivity contribution in [2.45, 2.75) is 0 Å². The highest BCUT2D eigenvalue weighted by atomic mass is 19.1. The number of carboxylic acids is 1. The quantitative estimate of drug-likeness (QED) is 0.683. The Morgan fingerprint density at radius 3 is 2.62 bits per heavy atom. The summed E-state index contributed by atoms with van der Waals surface area (Å²) in [6, 6.07) is 3.63. The summed E-state index contributed by atoms with van der Waals surface area (Å²) >= 11 is 0. The first-order valence-corrected chi connectivity index (χ1v) is 3.44. The second-order valence-corrected chi connectivity index (χ2v) is 2.42. The van der Waals surface area contributed by atoms with Gasteiger partial charge in [-0.1, -0.05) is 18.7 Å². The van der Waals surface area contributed by atoms with Crippen molar-refractivity contribution in [2.24, 2.45) is 0 Å². The molecule has 2 N–H and O–H groups in total. The van der Waals surface area contributed by atoms with E-state index in [4.69, 9.17) is 10.2 Å². The highest BCUT2D eigenvalue weighted by molar-refractivity contribution is 6.15. The summed E-state index contributed by atoms with van der Waals surface area (Å²) in [4.78, 5) is 10.4. The zero-order valence-corrected chi connectivity index (χ0v) is 6.62. The van der Waals surface area contributed by atoms with Gasteiger partial charge in [-0.15, -0.1) is 0 Å². The molecular weight excluding hydrogens is 175 g/mol. The van der Waals surface area contributed by atoms with E-state index < -0.39 is 17.5 Å². The number of carboxylic acid groups (broad SMARTS) is 1. The van der Waals surface area contributed by atoms with Crippen molar-refractivity contribution < 1.29 is 19.4 Å². The Labute approximate surface area is 73.8 Å². The van der Waals surface area contributed by atoms with Crippen LogP contribution in [0.1, 0.15) is 5.56 Å². The van der Waals surface area contributed by atoms with Gasteiger partial charge in [0, 0.05) is 5.56 Å². The van der Waals surface area contributed by atoms with Crippen LogP contribution < -0.4 is 0 Å². The van der Waals surface area contributed by atoms with Gasteiger partial charge in [-0.3, -0.25) is 0 Å². The van der Waals surface area contributed by atoms with Gasteiger partial charge in [0.15, 0.2) is 11.6 Å². The van der Waals surface area contributed by atoms with Crippen molar-refractivity contribution in [2.75, 3.05) is 0 Å². The average molecular weight is 182 g/mol. The van der Waals surface area contributed by atoms with Crippen LogP contribution in [0, 0.1) is 5.82 Å². The van der Waals surface area contributed by atoms with Crippen LogP contribution in [0.4, 0.5) is 4.39 Å². The number of phenolic OH excluding ortho intramolecular Hbond substituents is 1. The van der Waals surface area contributed by atoms with Crippen molar-refractivity contribution in [1.82, 2.24) is 0 Å². The Balaban J connectivity index is 3.23. The van der Waals surface area contributed by atoms with E-state index in [0.717, 1.165) is 6.07 Å². The number of para-hydroxylation sites is 1. The smallest absolute Gasteiger partial charge is 0.335 e. The minimum Gasteiger partial charge on any atom is -0.504 e. The number of rotatable bonds is 2. The standard InChI is InChI=1S/C9H7FO3/c1-5(9(12)13)6-3-2-4-7(10)8(6)11/h2-4,11H,1H2,(H,12,13). The number of carbonyl (C=O) groups is 1. The predicted octanol–water partition coefficient (Wildman–Crippen LogP) is 1.63. The van der Waals surface area contributed by atoms with Crippen LogP contribution in [0.2, 0.25) is 0 Å². The summed E-state index contributed by atoms with van der Waals surface area (Å²) in [5.41, 5.74) is -0.440. The van der Waals surface area contributed by atoms with Gasteiger partial charge in [0.25, 0.3) is 0 Å². The molecule has 0 saturated carbocycles. The molecule has 0 spiro atoms. The van der Waals surface area contributed by atoms with E-state index in [0.29, 0.717) is 0 Å². The van der Waals surface area contributed by atoms with Gasteiger partial charge < -0.3 is 10.2 Å². The number of halogens is 1. The fourth-order valence-electron chi connectivity index (χ4n) is 0.874. The fourth-order valence-corrected chi connectivity index (χ4v) is 0.874. The lowest BCUT2D eigenvalue weighted by molar-refractivity contribution is -0.130. The summed E-state index contributed by atoms with van der Waals surface area (Å²) in [6.45, 7) is 3.20. The molecule has 4 heteroatoms. The molecule has 0 saturated heterocycles. The van der Waals surface area contributed by atoms with E-state index in [-0.39, 0.29) is 11.1 Å². The molecule has 1 aromatic carbocycles. The molecule has 0 fully saturated rings. The van der Waals surface area contributed by atoms with Crippen molar-refractivity contribution in [1.29, 1.82) is 0 Å². The number of hydrogen-bond acceptors (Lipinski definition) is 2. The SMILES string of the molecule is C=C(C(=O)O)c1cccc(F)c1O. The number of benzene rings is 1. The number of aromatic hydroxyl groups is 1. The molecule has 0 bridgehead atoms. The highest BCUT2D eigenvalue weighted by Crippen LogP contribution is 2.26. The number of phenols is 1. The minimum absolute atomic E-state index is 0.104. The summed E-state index contributed by atoms with van der Waals surface area (Å²) in [7, 11) is 0. The Kier molecular flexibility index (Phi) is 2.32. The maximum atomic E-state index is 12.7. The summed E-state index contributed by atoms with van der Waals surface area (Å²) < 4.78 is 12.7. The second kappa shape index (κ2) is 3.26. The average Bonchev–Trinajstić information content (AvgIpc) is 2.08. The highest BCUT2D eigenvalue weighted by Gasteiger charge is 2.13. The van der Waals surface area contributed by atoms with Crippen LogP contribution in [0.15, 0.2) is 24.8 Å². The summed E-state index contributed by atoms with van der Waals surface area (Å²) in [6.07, 6.45) is 0. The molecule has 0 aliphatic rings. The van der Waals surface area contributed by atoms with Gasteiger partial charge in [-0.2, -0.15) is 0 Å². The van der Waals surface area contributed by atoms with Crippen molar-refractivity contribution in [3.05, 3.63) is 36.2 Å². The lowest BCUT2D eigenvalue weighted by atomic mass is 10.1. The number of aliphatic carboxylic acids is 1. The van der Waals surface area contributed by atoms with Crippen molar-refractivity contribution in [3.63, 3.8) is 0 Å². The Morgan fingerprint density at radius 2 is 2.08 bits per heavy atom. The van der Waals surface area contributed by atoms with Crippen LogP contribution in [0.5, 0.6) is 5.75 Å². The maximum Gasteiger partial charge on any atom is 0.335 e. The van der Waals surface area contributed by atoms with E-state index in [1.165, 1.54) is 12.1 Å². The number of hydrogen-bond donors (Lipinski definition) is 2. The van der Waals surface area contributed by atoms with E-state index in [2.05, 4.69) is 6.58 Å². The van der Waals surface area contributed by atoms with Crippen LogP contribution >= 0.6 is 0 Å². The summed E-state index contributed by atoms with van der Waals surface area (Å²) in [5.74, 6) is -2.84.